The van der Waals surface area contributed by atoms with E-state index in [0.717, 1.165) is 0 Å². The maximum Gasteiger partial charge on any atom is 0.263 e. The van der Waals surface area contributed by atoms with Gasteiger partial charge in [-0.3, -0.25) is 9.59 Å². The summed E-state index contributed by atoms with van der Waals surface area (Å²) in [6, 6.07) is 4.77. The number of hydrogen-bond acceptors (Lipinski definition) is 4. The van der Waals surface area contributed by atoms with E-state index >= 15 is 0 Å². The largest absolute Gasteiger partial charge is 0.495 e. The molecule has 2 rings (SSSR count). The van der Waals surface area contributed by atoms with Crippen molar-refractivity contribution in [2.24, 2.45) is 0 Å². The van der Waals surface area contributed by atoms with Gasteiger partial charge in [0.25, 0.3) is 11.5 Å². The van der Waals surface area contributed by atoms with Crippen molar-refractivity contribution in [2.45, 2.75) is 0 Å². The van der Waals surface area contributed by atoms with Gasteiger partial charge in [0.2, 0.25) is 0 Å². The first-order valence-corrected chi connectivity index (χ1v) is 5.67. The number of halogens is 1. The third-order valence-electron chi connectivity index (χ3n) is 2.37. The minimum absolute atomic E-state index is 0.0746. The molecule has 98 valence electrons. The van der Waals surface area contributed by atoms with Crippen LogP contribution < -0.4 is 15.6 Å². The van der Waals surface area contributed by atoms with Gasteiger partial charge in [-0.2, -0.15) is 0 Å². The van der Waals surface area contributed by atoms with Crippen molar-refractivity contribution in [3.8, 4) is 5.75 Å². The van der Waals surface area contributed by atoms with Crippen LogP contribution in [0.5, 0.6) is 5.75 Å². The molecule has 0 saturated carbocycles. The van der Waals surface area contributed by atoms with E-state index in [9.17, 15) is 9.59 Å². The van der Waals surface area contributed by atoms with Crippen LogP contribution in [-0.2, 0) is 0 Å². The van der Waals surface area contributed by atoms with Crippen LogP contribution in [0.15, 0.2) is 35.5 Å². The minimum atomic E-state index is -0.560. The molecule has 0 fully saturated rings. The Morgan fingerprint density at radius 3 is 2.89 bits per heavy atom. The second-order valence-corrected chi connectivity index (χ2v) is 4.01. The fourth-order valence-corrected chi connectivity index (χ4v) is 1.71. The highest BCUT2D eigenvalue weighted by Crippen LogP contribution is 2.27. The summed E-state index contributed by atoms with van der Waals surface area (Å²) in [6.07, 6.45) is 2.41. The van der Waals surface area contributed by atoms with Crippen molar-refractivity contribution in [3.63, 3.8) is 0 Å². The SMILES string of the molecule is COc1ccc(NC(=O)c2cnc[nH]c2=O)cc1Cl. The van der Waals surface area contributed by atoms with E-state index in [0.29, 0.717) is 16.5 Å². The lowest BCUT2D eigenvalue weighted by atomic mass is 10.2. The molecule has 2 aromatic rings. The molecular formula is C12H10ClN3O3. The molecule has 0 spiro atoms. The van der Waals surface area contributed by atoms with Gasteiger partial charge in [-0.15, -0.1) is 0 Å². The van der Waals surface area contributed by atoms with E-state index in [2.05, 4.69) is 15.3 Å². The molecule has 0 bridgehead atoms. The first kappa shape index (κ1) is 13.1. The molecule has 7 heteroatoms. The third-order valence-corrected chi connectivity index (χ3v) is 2.67. The van der Waals surface area contributed by atoms with Crippen molar-refractivity contribution in [1.29, 1.82) is 0 Å². The van der Waals surface area contributed by atoms with Gasteiger partial charge < -0.3 is 15.0 Å². The molecule has 0 aliphatic carbocycles. The number of benzene rings is 1. The molecule has 0 aliphatic rings. The van der Waals surface area contributed by atoms with Crippen molar-refractivity contribution >= 4 is 23.2 Å². The number of nitrogens with zero attached hydrogens (tertiary/aromatic N) is 1. The van der Waals surface area contributed by atoms with E-state index in [1.54, 1.807) is 12.1 Å². The van der Waals surface area contributed by atoms with Gasteiger partial charge in [-0.1, -0.05) is 11.6 Å². The van der Waals surface area contributed by atoms with Gasteiger partial charge in [0.1, 0.15) is 11.3 Å². The number of methoxy groups -OCH3 is 1. The topological polar surface area (TPSA) is 84.1 Å². The number of aromatic amines is 1. The average Bonchev–Trinajstić information content (AvgIpc) is 2.39. The number of anilines is 1. The molecule has 1 heterocycles. The molecule has 0 atom stereocenters. The van der Waals surface area contributed by atoms with Crippen LogP contribution in [-0.4, -0.2) is 23.0 Å². The van der Waals surface area contributed by atoms with Crippen LogP contribution in [0.2, 0.25) is 5.02 Å². The normalized spacial score (nSPS) is 10.0. The number of carbonyl (C=O) groups excluding carboxylic acids is 1. The van der Waals surface area contributed by atoms with E-state index in [-0.39, 0.29) is 5.56 Å². The Bertz CT molecular complexity index is 669. The third kappa shape index (κ3) is 2.92. The number of carbonyl (C=O) groups is 1. The number of aromatic nitrogens is 2. The smallest absolute Gasteiger partial charge is 0.263 e. The number of rotatable bonds is 3. The fourth-order valence-electron chi connectivity index (χ4n) is 1.45. The van der Waals surface area contributed by atoms with Gasteiger partial charge in [0.05, 0.1) is 18.5 Å². The van der Waals surface area contributed by atoms with Crippen LogP contribution in [0.4, 0.5) is 5.69 Å². The summed E-state index contributed by atoms with van der Waals surface area (Å²) < 4.78 is 5.00. The zero-order valence-corrected chi connectivity index (χ0v) is 10.7. The number of nitrogens with one attached hydrogen (secondary N) is 2. The monoisotopic (exact) mass is 279 g/mol. The molecular weight excluding hydrogens is 270 g/mol. The molecule has 6 nitrogen and oxygen atoms in total. The summed E-state index contributed by atoms with van der Waals surface area (Å²) in [4.78, 5) is 29.3. The first-order chi connectivity index (χ1) is 9.11. The summed E-state index contributed by atoms with van der Waals surface area (Å²) in [5.74, 6) is -0.0607. The van der Waals surface area contributed by atoms with Gasteiger partial charge in [0, 0.05) is 11.9 Å². The second kappa shape index (κ2) is 5.53. The first-order valence-electron chi connectivity index (χ1n) is 5.29. The van der Waals surface area contributed by atoms with Crippen molar-refractivity contribution in [3.05, 3.63) is 51.7 Å². The van der Waals surface area contributed by atoms with E-state index in [1.807, 2.05) is 0 Å². The van der Waals surface area contributed by atoms with Crippen molar-refractivity contribution in [2.75, 3.05) is 12.4 Å². The van der Waals surface area contributed by atoms with E-state index in [4.69, 9.17) is 16.3 Å². The number of H-pyrrole nitrogens is 1. The number of ether oxygens (including phenoxy) is 1. The zero-order chi connectivity index (χ0) is 13.8. The summed E-state index contributed by atoms with van der Waals surface area (Å²) in [5, 5.41) is 2.91. The Hall–Kier alpha value is -2.34. The highest BCUT2D eigenvalue weighted by Gasteiger charge is 2.11. The standard InChI is InChI=1S/C12H10ClN3O3/c1-19-10-3-2-7(4-9(10)13)16-12(18)8-5-14-6-15-11(8)17/h2-6H,1H3,(H,16,18)(H,14,15,17). The van der Waals surface area contributed by atoms with Crippen LogP contribution in [0.1, 0.15) is 10.4 Å². The second-order valence-electron chi connectivity index (χ2n) is 3.60. The maximum atomic E-state index is 11.9. The van der Waals surface area contributed by atoms with Crippen molar-refractivity contribution in [1.82, 2.24) is 9.97 Å². The fraction of sp³-hybridized carbons (Fsp3) is 0.0833. The van der Waals surface area contributed by atoms with Gasteiger partial charge in [-0.25, -0.2) is 4.98 Å². The predicted octanol–water partition coefficient (Wildman–Crippen LogP) is 1.68. The lowest BCUT2D eigenvalue weighted by Gasteiger charge is -2.07. The van der Waals surface area contributed by atoms with Crippen LogP contribution in [0, 0.1) is 0 Å². The molecule has 1 aromatic heterocycles. The van der Waals surface area contributed by atoms with Crippen LogP contribution in [0.3, 0.4) is 0 Å². The number of hydrogen-bond donors (Lipinski definition) is 2. The molecule has 1 aromatic carbocycles. The lowest BCUT2D eigenvalue weighted by Crippen LogP contribution is -2.23. The van der Waals surface area contributed by atoms with E-state index in [1.165, 1.54) is 25.7 Å². The van der Waals surface area contributed by atoms with Gasteiger partial charge in [-0.05, 0) is 18.2 Å². The average molecular weight is 280 g/mol. The Labute approximate surface area is 113 Å². The zero-order valence-electron chi connectivity index (χ0n) is 9.94. The van der Waals surface area contributed by atoms with Gasteiger partial charge in [0.15, 0.2) is 0 Å². The number of amides is 1. The summed E-state index contributed by atoms with van der Waals surface area (Å²) >= 11 is 5.93. The molecule has 0 saturated heterocycles. The predicted molar refractivity (Wildman–Crippen MR) is 70.8 cm³/mol. The Morgan fingerprint density at radius 2 is 2.26 bits per heavy atom. The Morgan fingerprint density at radius 1 is 1.47 bits per heavy atom. The molecule has 0 aliphatic heterocycles. The van der Waals surface area contributed by atoms with Gasteiger partial charge >= 0.3 is 0 Å². The van der Waals surface area contributed by atoms with Crippen LogP contribution >= 0.6 is 11.6 Å². The highest BCUT2D eigenvalue weighted by atomic mass is 35.5. The summed E-state index contributed by atoms with van der Waals surface area (Å²) in [7, 11) is 1.49. The molecule has 0 radical (unpaired) electrons. The van der Waals surface area contributed by atoms with Crippen LogP contribution in [0.25, 0.3) is 0 Å². The lowest BCUT2D eigenvalue weighted by molar-refractivity contribution is 0.102. The Balaban J connectivity index is 2.22. The molecule has 2 N–H and O–H groups in total. The molecule has 1 amide bonds. The van der Waals surface area contributed by atoms with Crippen molar-refractivity contribution < 1.29 is 9.53 Å². The quantitative estimate of drug-likeness (QED) is 0.895. The molecule has 19 heavy (non-hydrogen) atoms. The molecule has 0 unspecified atom stereocenters. The maximum absolute atomic E-state index is 11.9. The summed E-state index contributed by atoms with van der Waals surface area (Å²) in [5.41, 5.74) is -0.124. The van der Waals surface area contributed by atoms with E-state index < -0.39 is 11.5 Å². The summed E-state index contributed by atoms with van der Waals surface area (Å²) in [6.45, 7) is 0. The highest BCUT2D eigenvalue weighted by molar-refractivity contribution is 6.32. The Kier molecular flexibility index (Phi) is 3.82. The minimum Gasteiger partial charge on any atom is -0.495 e.